The Labute approximate surface area is 119 Å². The maximum atomic E-state index is 11.9. The van der Waals surface area contributed by atoms with Crippen molar-refractivity contribution >= 4 is 6.47 Å². The van der Waals surface area contributed by atoms with Gasteiger partial charge in [-0.25, -0.2) is 4.79 Å². The second-order valence-electron chi connectivity index (χ2n) is 5.24. The molecule has 1 aromatic heterocycles. The standard InChI is InChI=1S/C13H16N2O6/c1-19-11-10(20-6-16)9(7-2-3-7)21-12(11)15-5-4-8(17)14-13(15)18/h4-7,9-12H,2-3H2,1H3,(H,14,17,18)/t9?,10-,11-,12-/m1/s1. The molecule has 2 fully saturated rings. The van der Waals surface area contributed by atoms with E-state index < -0.39 is 29.7 Å². The lowest BCUT2D eigenvalue weighted by molar-refractivity contribution is -0.141. The molecule has 1 unspecified atom stereocenters. The van der Waals surface area contributed by atoms with Crippen LogP contribution < -0.4 is 11.2 Å². The molecule has 8 heteroatoms. The number of aromatic nitrogens is 2. The van der Waals surface area contributed by atoms with Gasteiger partial charge in [-0.05, 0) is 18.8 Å². The van der Waals surface area contributed by atoms with Crippen LogP contribution in [0.3, 0.4) is 0 Å². The smallest absolute Gasteiger partial charge is 0.330 e. The van der Waals surface area contributed by atoms with Crippen molar-refractivity contribution in [1.29, 1.82) is 0 Å². The Balaban J connectivity index is 1.95. The molecule has 1 aliphatic carbocycles. The minimum absolute atomic E-state index is 0.302. The fourth-order valence-electron chi connectivity index (χ4n) is 2.79. The Morgan fingerprint density at radius 1 is 1.38 bits per heavy atom. The Hall–Kier alpha value is -1.93. The lowest BCUT2D eigenvalue weighted by atomic mass is 10.1. The van der Waals surface area contributed by atoms with Crippen LogP contribution in [0.1, 0.15) is 19.1 Å². The summed E-state index contributed by atoms with van der Waals surface area (Å²) in [4.78, 5) is 35.9. The van der Waals surface area contributed by atoms with Crippen LogP contribution >= 0.6 is 0 Å². The lowest BCUT2D eigenvalue weighted by Crippen LogP contribution is -2.39. The van der Waals surface area contributed by atoms with Crippen molar-refractivity contribution in [3.63, 3.8) is 0 Å². The van der Waals surface area contributed by atoms with Crippen LogP contribution in [0.2, 0.25) is 0 Å². The molecule has 8 nitrogen and oxygen atoms in total. The highest BCUT2D eigenvalue weighted by atomic mass is 16.6. The maximum absolute atomic E-state index is 11.9. The Morgan fingerprint density at radius 3 is 2.71 bits per heavy atom. The molecule has 0 amide bonds. The van der Waals surface area contributed by atoms with Crippen LogP contribution in [0.4, 0.5) is 0 Å². The predicted molar refractivity (Wildman–Crippen MR) is 69.7 cm³/mol. The molecule has 1 saturated carbocycles. The monoisotopic (exact) mass is 296 g/mol. The second kappa shape index (κ2) is 5.45. The molecule has 114 valence electrons. The lowest BCUT2D eigenvalue weighted by Gasteiger charge is -2.21. The molecule has 21 heavy (non-hydrogen) atoms. The van der Waals surface area contributed by atoms with Crippen LogP contribution in [0.5, 0.6) is 0 Å². The first-order valence-electron chi connectivity index (χ1n) is 6.74. The highest BCUT2D eigenvalue weighted by Crippen LogP contribution is 2.44. The number of hydrogen-bond donors (Lipinski definition) is 1. The molecule has 1 aliphatic heterocycles. The molecule has 1 N–H and O–H groups in total. The zero-order chi connectivity index (χ0) is 15.0. The molecule has 4 atom stereocenters. The van der Waals surface area contributed by atoms with E-state index in [4.69, 9.17) is 14.2 Å². The van der Waals surface area contributed by atoms with E-state index >= 15 is 0 Å². The first-order chi connectivity index (χ1) is 10.2. The summed E-state index contributed by atoms with van der Waals surface area (Å²) >= 11 is 0. The van der Waals surface area contributed by atoms with Gasteiger partial charge in [0.1, 0.15) is 12.2 Å². The minimum atomic E-state index is -0.741. The second-order valence-corrected chi connectivity index (χ2v) is 5.24. The zero-order valence-corrected chi connectivity index (χ0v) is 11.4. The summed E-state index contributed by atoms with van der Waals surface area (Å²) in [5, 5.41) is 0. The van der Waals surface area contributed by atoms with Gasteiger partial charge in [-0.1, -0.05) is 0 Å². The molecule has 1 aromatic rings. The predicted octanol–water partition coefficient (Wildman–Crippen LogP) is -0.599. The number of nitrogens with one attached hydrogen (secondary N) is 1. The summed E-state index contributed by atoms with van der Waals surface area (Å²) in [5.41, 5.74) is -1.07. The van der Waals surface area contributed by atoms with Gasteiger partial charge in [0.2, 0.25) is 0 Å². The quantitative estimate of drug-likeness (QED) is 0.728. The van der Waals surface area contributed by atoms with Gasteiger partial charge >= 0.3 is 5.69 Å². The number of rotatable bonds is 5. The number of methoxy groups -OCH3 is 1. The number of ether oxygens (including phenoxy) is 3. The molecule has 1 saturated heterocycles. The van der Waals surface area contributed by atoms with E-state index in [-0.39, 0.29) is 6.10 Å². The summed E-state index contributed by atoms with van der Waals surface area (Å²) in [7, 11) is 1.47. The van der Waals surface area contributed by atoms with Crippen LogP contribution in [0.25, 0.3) is 0 Å². The highest BCUT2D eigenvalue weighted by Gasteiger charge is 2.53. The zero-order valence-electron chi connectivity index (χ0n) is 11.4. The van der Waals surface area contributed by atoms with Gasteiger partial charge in [-0.2, -0.15) is 0 Å². The van der Waals surface area contributed by atoms with Crippen LogP contribution in [-0.2, 0) is 19.0 Å². The van der Waals surface area contributed by atoms with E-state index in [1.807, 2.05) is 0 Å². The Morgan fingerprint density at radius 2 is 2.14 bits per heavy atom. The number of carbonyl (C=O) groups is 1. The molecule has 0 radical (unpaired) electrons. The number of nitrogens with zero attached hydrogens (tertiary/aromatic N) is 1. The van der Waals surface area contributed by atoms with Crippen molar-refractivity contribution in [3.05, 3.63) is 33.1 Å². The largest absolute Gasteiger partial charge is 0.459 e. The van der Waals surface area contributed by atoms with E-state index in [0.29, 0.717) is 12.4 Å². The fourth-order valence-corrected chi connectivity index (χ4v) is 2.79. The molecule has 0 bridgehead atoms. The van der Waals surface area contributed by atoms with Gasteiger partial charge in [0.05, 0.1) is 0 Å². The molecule has 2 heterocycles. The van der Waals surface area contributed by atoms with Crippen molar-refractivity contribution in [2.75, 3.05) is 7.11 Å². The summed E-state index contributed by atoms with van der Waals surface area (Å²) in [5.74, 6) is 0.302. The number of aromatic amines is 1. The summed E-state index contributed by atoms with van der Waals surface area (Å²) < 4.78 is 17.6. The maximum Gasteiger partial charge on any atom is 0.330 e. The van der Waals surface area contributed by atoms with Crippen molar-refractivity contribution in [2.45, 2.75) is 37.4 Å². The van der Waals surface area contributed by atoms with Gasteiger partial charge in [-0.15, -0.1) is 0 Å². The van der Waals surface area contributed by atoms with E-state index in [1.165, 1.54) is 23.9 Å². The first kappa shape index (κ1) is 14.0. The Bertz CT molecular complexity index is 634. The van der Waals surface area contributed by atoms with Crippen LogP contribution in [0.15, 0.2) is 21.9 Å². The molecule has 0 spiro atoms. The topological polar surface area (TPSA) is 99.6 Å². The third kappa shape index (κ3) is 2.52. The molecular weight excluding hydrogens is 280 g/mol. The summed E-state index contributed by atoms with van der Waals surface area (Å²) in [6, 6.07) is 1.23. The van der Waals surface area contributed by atoms with Gasteiger partial charge in [0.15, 0.2) is 12.3 Å². The highest BCUT2D eigenvalue weighted by molar-refractivity contribution is 5.38. The van der Waals surface area contributed by atoms with Crippen molar-refractivity contribution in [1.82, 2.24) is 9.55 Å². The van der Waals surface area contributed by atoms with Crippen molar-refractivity contribution in [3.8, 4) is 0 Å². The number of carbonyl (C=O) groups excluding carboxylic acids is 1. The van der Waals surface area contributed by atoms with E-state index in [9.17, 15) is 14.4 Å². The molecular formula is C13H16N2O6. The van der Waals surface area contributed by atoms with Gasteiger partial charge in [0, 0.05) is 19.4 Å². The van der Waals surface area contributed by atoms with E-state index in [0.717, 1.165) is 12.8 Å². The first-order valence-corrected chi connectivity index (χ1v) is 6.74. The van der Waals surface area contributed by atoms with Gasteiger partial charge in [0.25, 0.3) is 12.0 Å². The van der Waals surface area contributed by atoms with Crippen molar-refractivity contribution in [2.24, 2.45) is 5.92 Å². The summed E-state index contributed by atoms with van der Waals surface area (Å²) in [6.07, 6.45) is 1.12. The summed E-state index contributed by atoms with van der Waals surface area (Å²) in [6.45, 7) is 0.368. The third-order valence-electron chi connectivity index (χ3n) is 3.92. The average molecular weight is 296 g/mol. The van der Waals surface area contributed by atoms with Gasteiger partial charge in [-0.3, -0.25) is 19.1 Å². The third-order valence-corrected chi connectivity index (χ3v) is 3.92. The van der Waals surface area contributed by atoms with E-state index in [2.05, 4.69) is 4.98 Å². The van der Waals surface area contributed by atoms with E-state index in [1.54, 1.807) is 0 Å². The fraction of sp³-hybridized carbons (Fsp3) is 0.615. The average Bonchev–Trinajstić information content (AvgIpc) is 3.23. The molecule has 3 rings (SSSR count). The normalized spacial score (nSPS) is 32.0. The van der Waals surface area contributed by atoms with Crippen molar-refractivity contribution < 1.29 is 19.0 Å². The van der Waals surface area contributed by atoms with Gasteiger partial charge < -0.3 is 14.2 Å². The number of H-pyrrole nitrogens is 1. The number of hydrogen-bond acceptors (Lipinski definition) is 6. The molecule has 0 aromatic carbocycles. The van der Waals surface area contributed by atoms with Crippen LogP contribution in [-0.4, -0.2) is 41.4 Å². The SMILES string of the molecule is CO[C@@H]1[C@H](OC=O)C(C2CC2)O[C@H]1n1ccc(=O)[nH]c1=O. The van der Waals surface area contributed by atoms with Crippen LogP contribution in [0, 0.1) is 5.92 Å². The Kier molecular flexibility index (Phi) is 3.64. The minimum Gasteiger partial charge on any atom is -0.459 e. The molecule has 2 aliphatic rings.